The van der Waals surface area contributed by atoms with Crippen LogP contribution in [0.5, 0.6) is 5.75 Å². The molecule has 0 saturated heterocycles. The molecule has 0 heterocycles. The van der Waals surface area contributed by atoms with Crippen LogP contribution in [0.15, 0.2) is 48.6 Å². The van der Waals surface area contributed by atoms with Gasteiger partial charge in [0.1, 0.15) is 0 Å². The summed E-state index contributed by atoms with van der Waals surface area (Å²) in [7, 11) is 0. The zero-order chi connectivity index (χ0) is 23.1. The second-order valence-electron chi connectivity index (χ2n) is 8.05. The fraction of sp³-hybridized carbons (Fsp3) is 0.385. The first kappa shape index (κ1) is 23.8. The molecule has 1 aliphatic rings. The fourth-order valence-electron chi connectivity index (χ4n) is 4.04. The lowest BCUT2D eigenvalue weighted by Gasteiger charge is -2.27. The van der Waals surface area contributed by atoms with Crippen LogP contribution >= 0.6 is 0 Å². The predicted molar refractivity (Wildman–Crippen MR) is 114 cm³/mol. The number of hydrogen-bond donors (Lipinski definition) is 0. The molecule has 0 bridgehead atoms. The van der Waals surface area contributed by atoms with E-state index < -0.39 is 23.7 Å². The molecule has 1 saturated carbocycles. The minimum Gasteiger partial charge on any atom is -0.399 e. The van der Waals surface area contributed by atoms with E-state index in [9.17, 15) is 22.0 Å². The van der Waals surface area contributed by atoms with Crippen molar-refractivity contribution in [1.29, 1.82) is 0 Å². The van der Waals surface area contributed by atoms with Crippen molar-refractivity contribution in [3.8, 4) is 17.6 Å². The van der Waals surface area contributed by atoms with Gasteiger partial charge >= 0.3 is 6.36 Å². The van der Waals surface area contributed by atoms with Crippen LogP contribution in [0, 0.1) is 29.4 Å². The Bertz CT molecular complexity index is 965. The first-order valence-electron chi connectivity index (χ1n) is 10.8. The Morgan fingerprint density at radius 2 is 1.62 bits per heavy atom. The van der Waals surface area contributed by atoms with Gasteiger partial charge in [-0.15, -0.1) is 13.2 Å². The van der Waals surface area contributed by atoms with Gasteiger partial charge in [-0.25, -0.2) is 8.78 Å². The molecular formula is C26H25F5O. The molecule has 0 aliphatic heterocycles. The van der Waals surface area contributed by atoms with E-state index in [2.05, 4.69) is 47.8 Å². The van der Waals surface area contributed by atoms with Crippen molar-refractivity contribution < 1.29 is 26.7 Å². The summed E-state index contributed by atoms with van der Waals surface area (Å²) in [5.41, 5.74) is 2.69. The van der Waals surface area contributed by atoms with Crippen LogP contribution in [0.1, 0.15) is 61.6 Å². The Kier molecular flexibility index (Phi) is 7.95. The molecule has 1 nitrogen and oxygen atoms in total. The zero-order valence-electron chi connectivity index (χ0n) is 17.8. The Morgan fingerprint density at radius 1 is 1.00 bits per heavy atom. The average Bonchev–Trinajstić information content (AvgIpc) is 2.74. The van der Waals surface area contributed by atoms with E-state index in [-0.39, 0.29) is 5.56 Å². The van der Waals surface area contributed by atoms with Crippen molar-refractivity contribution in [1.82, 2.24) is 0 Å². The molecule has 3 rings (SSSR count). The average molecular weight is 448 g/mol. The third-order valence-corrected chi connectivity index (χ3v) is 5.65. The maximum Gasteiger partial charge on any atom is 0.573 e. The standard InChI is InChI=1S/C26H25F5O/c1-2-5-18-8-12-21(13-9-18)22-14-10-19(11-15-22)6-3-4-7-20-16-23(27)25(24(28)17-20)32-26(29,30)31/h3,6,8-9,12-13,16-17,19,22H,2,5,10-11,14-15H2,1H3. The minimum absolute atomic E-state index is 0.0607. The summed E-state index contributed by atoms with van der Waals surface area (Å²) < 4.78 is 67.4. The maximum atomic E-state index is 13.7. The molecule has 0 atom stereocenters. The van der Waals surface area contributed by atoms with E-state index in [1.165, 1.54) is 11.1 Å². The molecule has 1 aliphatic carbocycles. The number of allylic oxidation sites excluding steroid dienone is 2. The minimum atomic E-state index is -5.17. The Hall–Kier alpha value is -2.81. The third-order valence-electron chi connectivity index (χ3n) is 5.65. The molecule has 0 radical (unpaired) electrons. The second kappa shape index (κ2) is 10.7. The number of ether oxygens (including phenoxy) is 1. The Balaban J connectivity index is 1.53. The first-order chi connectivity index (χ1) is 15.2. The third kappa shape index (κ3) is 6.85. The summed E-state index contributed by atoms with van der Waals surface area (Å²) in [4.78, 5) is 0. The largest absolute Gasteiger partial charge is 0.573 e. The maximum absolute atomic E-state index is 13.7. The molecule has 2 aromatic rings. The summed E-state index contributed by atoms with van der Waals surface area (Å²) in [5.74, 6) is 1.83. The molecule has 6 heteroatoms. The van der Waals surface area contributed by atoms with Crippen LogP contribution in [0.3, 0.4) is 0 Å². The molecule has 0 spiro atoms. The predicted octanol–water partition coefficient (Wildman–Crippen LogP) is 7.70. The highest BCUT2D eigenvalue weighted by Gasteiger charge is 2.34. The normalized spacial score (nSPS) is 18.9. The van der Waals surface area contributed by atoms with Gasteiger partial charge in [0.2, 0.25) is 5.75 Å². The van der Waals surface area contributed by atoms with E-state index in [1.807, 2.05) is 6.08 Å². The van der Waals surface area contributed by atoms with Gasteiger partial charge in [0.05, 0.1) is 0 Å². The number of hydrogen-bond acceptors (Lipinski definition) is 1. The zero-order valence-corrected chi connectivity index (χ0v) is 17.8. The number of halogens is 5. The van der Waals surface area contributed by atoms with E-state index in [4.69, 9.17) is 0 Å². The molecule has 0 amide bonds. The molecule has 0 N–H and O–H groups in total. The molecule has 0 unspecified atom stereocenters. The smallest absolute Gasteiger partial charge is 0.399 e. The Morgan fingerprint density at radius 3 is 2.19 bits per heavy atom. The molecular weight excluding hydrogens is 423 g/mol. The number of rotatable bonds is 5. The van der Waals surface area contributed by atoms with Crippen molar-refractivity contribution in [2.75, 3.05) is 0 Å². The fourth-order valence-corrected chi connectivity index (χ4v) is 4.04. The first-order valence-corrected chi connectivity index (χ1v) is 10.8. The van der Waals surface area contributed by atoms with Crippen molar-refractivity contribution in [2.24, 2.45) is 5.92 Å². The van der Waals surface area contributed by atoms with E-state index >= 15 is 0 Å². The summed E-state index contributed by atoms with van der Waals surface area (Å²) in [6.07, 6.45) is 4.94. The summed E-state index contributed by atoms with van der Waals surface area (Å²) >= 11 is 0. The van der Waals surface area contributed by atoms with Crippen molar-refractivity contribution in [3.63, 3.8) is 0 Å². The highest BCUT2D eigenvalue weighted by molar-refractivity contribution is 5.42. The number of aryl methyl sites for hydroxylation is 1. The lowest BCUT2D eigenvalue weighted by Crippen LogP contribution is -2.19. The number of alkyl halides is 3. The monoisotopic (exact) mass is 448 g/mol. The topological polar surface area (TPSA) is 9.23 Å². The van der Waals surface area contributed by atoms with Crippen LogP contribution in [-0.4, -0.2) is 6.36 Å². The molecule has 32 heavy (non-hydrogen) atoms. The molecule has 1 fully saturated rings. The van der Waals surface area contributed by atoms with Gasteiger partial charge in [0.15, 0.2) is 11.6 Å². The highest BCUT2D eigenvalue weighted by atomic mass is 19.4. The van der Waals surface area contributed by atoms with E-state index in [0.717, 1.165) is 50.7 Å². The van der Waals surface area contributed by atoms with Gasteiger partial charge in [-0.05, 0) is 73.3 Å². The second-order valence-corrected chi connectivity index (χ2v) is 8.05. The van der Waals surface area contributed by atoms with Crippen LogP contribution in [0.4, 0.5) is 22.0 Å². The summed E-state index contributed by atoms with van der Waals surface area (Å²) in [6, 6.07) is 10.4. The lowest BCUT2D eigenvalue weighted by atomic mass is 9.78. The van der Waals surface area contributed by atoms with Gasteiger partial charge in [0, 0.05) is 5.56 Å². The summed E-state index contributed by atoms with van der Waals surface area (Å²) in [5, 5.41) is 0. The molecule has 170 valence electrons. The van der Waals surface area contributed by atoms with E-state index in [0.29, 0.717) is 11.8 Å². The highest BCUT2D eigenvalue weighted by Crippen LogP contribution is 2.36. The van der Waals surface area contributed by atoms with Crippen LogP contribution in [0.25, 0.3) is 0 Å². The molecule has 0 aromatic heterocycles. The van der Waals surface area contributed by atoms with Crippen molar-refractivity contribution in [3.05, 3.63) is 76.9 Å². The number of benzene rings is 2. The quantitative estimate of drug-likeness (QED) is 0.336. The van der Waals surface area contributed by atoms with E-state index in [1.54, 1.807) is 6.08 Å². The Labute approximate surface area is 185 Å². The van der Waals surface area contributed by atoms with Gasteiger partial charge in [0.25, 0.3) is 0 Å². The molecule has 2 aromatic carbocycles. The SMILES string of the molecule is CCCc1ccc(C2CCC(C=CC#Cc3cc(F)c(OC(F)(F)F)c(F)c3)CC2)cc1. The lowest BCUT2D eigenvalue weighted by molar-refractivity contribution is -0.276. The summed E-state index contributed by atoms with van der Waals surface area (Å²) in [6.45, 7) is 2.17. The van der Waals surface area contributed by atoms with Crippen LogP contribution in [-0.2, 0) is 6.42 Å². The van der Waals surface area contributed by atoms with Crippen LogP contribution in [0.2, 0.25) is 0 Å². The van der Waals surface area contributed by atoms with Gasteiger partial charge in [-0.2, -0.15) is 0 Å². The van der Waals surface area contributed by atoms with Gasteiger partial charge < -0.3 is 4.74 Å². The van der Waals surface area contributed by atoms with Crippen molar-refractivity contribution in [2.45, 2.75) is 57.7 Å². The van der Waals surface area contributed by atoms with Gasteiger partial charge in [-0.1, -0.05) is 55.5 Å². The van der Waals surface area contributed by atoms with Crippen molar-refractivity contribution >= 4 is 0 Å². The van der Waals surface area contributed by atoms with Gasteiger partial charge in [-0.3, -0.25) is 0 Å². The van der Waals surface area contributed by atoms with Crippen LogP contribution < -0.4 is 4.74 Å².